The highest BCUT2D eigenvalue weighted by molar-refractivity contribution is 7.98. The number of halogens is 8. The summed E-state index contributed by atoms with van der Waals surface area (Å²) < 4.78 is 115. The molecule has 0 unspecified atom stereocenters. The van der Waals surface area contributed by atoms with Crippen LogP contribution in [0.4, 0.5) is 26.3 Å². The molecule has 1 aromatic heterocycles. The lowest BCUT2D eigenvalue weighted by Gasteiger charge is -2.37. The lowest BCUT2D eigenvalue weighted by Crippen LogP contribution is -2.33. The van der Waals surface area contributed by atoms with Gasteiger partial charge in [-0.25, -0.2) is 4.68 Å². The Morgan fingerprint density at radius 2 is 1.70 bits per heavy atom. The fourth-order valence-electron chi connectivity index (χ4n) is 4.93. The Morgan fingerprint density at radius 3 is 2.28 bits per heavy atom. The van der Waals surface area contributed by atoms with Gasteiger partial charge in [0.1, 0.15) is 10.9 Å². The first-order chi connectivity index (χ1) is 20.0. The smallest absolute Gasteiger partial charge is 0.376 e. The highest BCUT2D eigenvalue weighted by atomic mass is 35.5. The van der Waals surface area contributed by atoms with Gasteiger partial charge >= 0.3 is 21.8 Å². The summed E-state index contributed by atoms with van der Waals surface area (Å²) in [6, 6.07) is 15.2. The Labute approximate surface area is 258 Å². The summed E-state index contributed by atoms with van der Waals surface area (Å²) in [6.07, 6.45) is -2.71. The van der Waals surface area contributed by atoms with Gasteiger partial charge in [-0.2, -0.15) is 39.9 Å². The first kappa shape index (κ1) is 33.8. The van der Waals surface area contributed by atoms with E-state index in [1.54, 1.807) is 18.4 Å². The predicted octanol–water partition coefficient (Wildman–Crippen LogP) is 8.34. The van der Waals surface area contributed by atoms with Gasteiger partial charge in [-0.15, -0.1) is 35.0 Å². The Kier molecular flexibility index (Phi) is 10.3. The van der Waals surface area contributed by atoms with Crippen LogP contribution in [0.2, 0.25) is 0 Å². The zero-order valence-corrected chi connectivity index (χ0v) is 25.6. The highest BCUT2D eigenvalue weighted by Gasteiger charge is 2.50. The van der Waals surface area contributed by atoms with Crippen molar-refractivity contribution >= 4 is 45.1 Å². The van der Waals surface area contributed by atoms with Crippen molar-refractivity contribution < 1.29 is 43.7 Å². The minimum atomic E-state index is -6.37. The first-order valence-corrected chi connectivity index (χ1v) is 16.2. The molecule has 4 rings (SSSR count). The van der Waals surface area contributed by atoms with Crippen molar-refractivity contribution in [3.63, 3.8) is 0 Å². The first-order valence-electron chi connectivity index (χ1n) is 12.8. The molecule has 0 N–H and O–H groups in total. The van der Waals surface area contributed by atoms with E-state index in [1.165, 1.54) is 23.9 Å². The summed E-state index contributed by atoms with van der Waals surface area (Å²) in [5, 5.41) is 4.06. The van der Waals surface area contributed by atoms with Crippen molar-refractivity contribution in [2.24, 2.45) is 5.92 Å². The summed E-state index contributed by atoms with van der Waals surface area (Å²) in [5.41, 5.74) is -5.32. The number of nitrogens with zero attached hydrogens (tertiary/aromatic N) is 2. The molecule has 1 fully saturated rings. The number of rotatable bonds is 10. The number of benzene rings is 2. The monoisotopic (exact) mass is 690 g/mol. The van der Waals surface area contributed by atoms with Crippen LogP contribution in [-0.4, -0.2) is 47.1 Å². The molecule has 0 bridgehead atoms. The topological polar surface area (TPSA) is 70.4 Å². The second-order valence-corrected chi connectivity index (χ2v) is 14.1. The third-order valence-electron chi connectivity index (χ3n) is 6.86. The number of thioether (sulfide) groups is 1. The van der Waals surface area contributed by atoms with E-state index in [9.17, 15) is 34.8 Å². The van der Waals surface area contributed by atoms with Crippen LogP contribution in [0.1, 0.15) is 36.4 Å². The normalized spacial score (nSPS) is 19.4. The number of ether oxygens (including phenoxy) is 1. The van der Waals surface area contributed by atoms with Gasteiger partial charge in [-0.05, 0) is 54.7 Å². The minimum Gasteiger partial charge on any atom is -0.376 e. The molecule has 1 heterocycles. The zero-order chi connectivity index (χ0) is 31.6. The number of aromatic nitrogens is 2. The molecule has 2 aromatic carbocycles. The van der Waals surface area contributed by atoms with Crippen LogP contribution < -0.4 is 4.18 Å². The molecule has 2 atom stereocenters. The standard InChI is InChI=1S/C27H26Cl2F6N2O4S2/c1-42-20-9-7-18(8-10-20)22-23(36-37(16-26(30,31)32)24(22)41-43(38,39)27(33,34)35)21-11-12-25(28,29)13-19(21)15-40-14-17-5-3-2-4-6-17/h2-10,19,21H,11-16H2,1H3/t19-,21+/m0/s1. The molecule has 1 aliphatic rings. The van der Waals surface area contributed by atoms with E-state index in [2.05, 4.69) is 9.28 Å². The SMILES string of the molecule is CSc1ccc(-c2c([C@@H]3CCC(Cl)(Cl)C[C@H]3COCc3ccccc3)nn(CC(F)(F)F)c2OS(=O)(=O)C(F)(F)F)cc1. The lowest BCUT2D eigenvalue weighted by molar-refractivity contribution is -0.143. The van der Waals surface area contributed by atoms with E-state index in [-0.39, 0.29) is 54.0 Å². The van der Waals surface area contributed by atoms with Gasteiger partial charge in [0, 0.05) is 10.8 Å². The Balaban J connectivity index is 1.85. The molecule has 16 heteroatoms. The number of alkyl halides is 8. The molecule has 6 nitrogen and oxygen atoms in total. The van der Waals surface area contributed by atoms with Gasteiger partial charge in [-0.1, -0.05) is 42.5 Å². The van der Waals surface area contributed by atoms with Crippen molar-refractivity contribution in [2.45, 2.75) is 59.2 Å². The average Bonchev–Trinajstić information content (AvgIpc) is 3.23. The van der Waals surface area contributed by atoms with Gasteiger partial charge < -0.3 is 8.92 Å². The van der Waals surface area contributed by atoms with Crippen LogP contribution >= 0.6 is 35.0 Å². The van der Waals surface area contributed by atoms with Crippen LogP contribution in [0.5, 0.6) is 5.88 Å². The largest absolute Gasteiger partial charge is 0.534 e. The third-order valence-corrected chi connectivity index (χ3v) is 9.23. The van der Waals surface area contributed by atoms with Gasteiger partial charge in [0.2, 0.25) is 5.88 Å². The van der Waals surface area contributed by atoms with Crippen LogP contribution in [0.25, 0.3) is 11.1 Å². The van der Waals surface area contributed by atoms with Crippen molar-refractivity contribution in [2.75, 3.05) is 12.9 Å². The summed E-state index contributed by atoms with van der Waals surface area (Å²) in [6.45, 7) is -1.66. The predicted molar refractivity (Wildman–Crippen MR) is 152 cm³/mol. The second kappa shape index (κ2) is 13.1. The van der Waals surface area contributed by atoms with E-state index in [4.69, 9.17) is 27.9 Å². The summed E-state index contributed by atoms with van der Waals surface area (Å²) in [7, 11) is -6.37. The average molecular weight is 692 g/mol. The van der Waals surface area contributed by atoms with E-state index in [0.717, 1.165) is 10.5 Å². The Hall–Kier alpha value is -2.13. The molecular formula is C27H26Cl2F6N2O4S2. The van der Waals surface area contributed by atoms with Crippen LogP contribution in [0, 0.1) is 5.92 Å². The quantitative estimate of drug-likeness (QED) is 0.0701. The molecule has 3 aromatic rings. The van der Waals surface area contributed by atoms with Gasteiger partial charge in [-0.3, -0.25) is 0 Å². The van der Waals surface area contributed by atoms with E-state index in [0.29, 0.717) is 0 Å². The zero-order valence-electron chi connectivity index (χ0n) is 22.5. The maximum absolute atomic E-state index is 13.6. The van der Waals surface area contributed by atoms with Gasteiger partial charge in [0.15, 0.2) is 0 Å². The molecule has 43 heavy (non-hydrogen) atoms. The fraction of sp³-hybridized carbons (Fsp3) is 0.444. The van der Waals surface area contributed by atoms with Crippen LogP contribution in [0.15, 0.2) is 59.5 Å². The van der Waals surface area contributed by atoms with Crippen LogP contribution in [-0.2, 0) is 28.0 Å². The van der Waals surface area contributed by atoms with Crippen molar-refractivity contribution in [1.82, 2.24) is 9.78 Å². The molecular weight excluding hydrogens is 665 g/mol. The van der Waals surface area contributed by atoms with Gasteiger partial charge in [0.05, 0.1) is 24.5 Å². The molecule has 1 saturated carbocycles. The van der Waals surface area contributed by atoms with Crippen LogP contribution in [0.3, 0.4) is 0 Å². The van der Waals surface area contributed by atoms with Crippen molar-refractivity contribution in [3.8, 4) is 17.0 Å². The highest BCUT2D eigenvalue weighted by Crippen LogP contribution is 2.51. The molecule has 0 saturated heterocycles. The molecule has 1 aliphatic carbocycles. The summed E-state index contributed by atoms with van der Waals surface area (Å²) in [4.78, 5) is 0.747. The van der Waals surface area contributed by atoms with Crippen molar-refractivity contribution in [1.29, 1.82) is 0 Å². The maximum Gasteiger partial charge on any atom is 0.534 e. The molecule has 0 radical (unpaired) electrons. The fourth-order valence-corrected chi connectivity index (χ4v) is 6.43. The van der Waals surface area contributed by atoms with E-state index >= 15 is 0 Å². The summed E-state index contributed by atoms with van der Waals surface area (Å²) in [5.74, 6) is -2.46. The number of hydrogen-bond donors (Lipinski definition) is 0. The molecule has 236 valence electrons. The maximum atomic E-state index is 13.6. The second-order valence-electron chi connectivity index (χ2n) is 10.0. The van der Waals surface area contributed by atoms with E-state index in [1.807, 2.05) is 30.3 Å². The third kappa shape index (κ3) is 8.53. The minimum absolute atomic E-state index is 0.0365. The van der Waals surface area contributed by atoms with E-state index < -0.39 is 50.4 Å². The number of hydrogen-bond acceptors (Lipinski definition) is 6. The lowest BCUT2D eigenvalue weighted by atomic mass is 9.76. The Bertz CT molecular complexity index is 1500. The molecule has 0 aliphatic heterocycles. The van der Waals surface area contributed by atoms with Gasteiger partial charge in [0.25, 0.3) is 0 Å². The summed E-state index contributed by atoms with van der Waals surface area (Å²) >= 11 is 14.3. The Morgan fingerprint density at radius 1 is 1.05 bits per heavy atom. The molecule has 0 spiro atoms. The molecule has 0 amide bonds. The van der Waals surface area contributed by atoms with Crippen molar-refractivity contribution in [3.05, 3.63) is 65.9 Å².